The quantitative estimate of drug-likeness (QED) is 0.716. The van der Waals surface area contributed by atoms with Gasteiger partial charge in [0.25, 0.3) is 0 Å². The first-order valence-electron chi connectivity index (χ1n) is 5.10. The van der Waals surface area contributed by atoms with Gasteiger partial charge in [-0.2, -0.15) is 5.10 Å². The summed E-state index contributed by atoms with van der Waals surface area (Å²) >= 11 is 0. The van der Waals surface area contributed by atoms with Gasteiger partial charge in [-0.25, -0.2) is 0 Å². The maximum absolute atomic E-state index is 11.3. The lowest BCUT2D eigenvalue weighted by Gasteiger charge is -2.04. The Morgan fingerprint density at radius 2 is 2.33 bits per heavy atom. The molecule has 0 saturated heterocycles. The molecule has 5 heteroatoms. The molecule has 2 N–H and O–H groups in total. The Labute approximate surface area is 89.9 Å². The van der Waals surface area contributed by atoms with E-state index < -0.39 is 0 Å². The highest BCUT2D eigenvalue weighted by atomic mass is 16.1. The highest BCUT2D eigenvalue weighted by molar-refractivity contribution is 5.77. The van der Waals surface area contributed by atoms with Gasteiger partial charge in [-0.05, 0) is 13.5 Å². The predicted molar refractivity (Wildman–Crippen MR) is 58.3 cm³/mol. The number of aryl methyl sites for hydroxylation is 2. The van der Waals surface area contributed by atoms with Crippen molar-refractivity contribution in [2.24, 2.45) is 7.05 Å². The van der Waals surface area contributed by atoms with Crippen LogP contribution < -0.4 is 10.6 Å². The number of rotatable bonds is 5. The van der Waals surface area contributed by atoms with Crippen molar-refractivity contribution in [3.8, 4) is 0 Å². The largest absolute Gasteiger partial charge is 0.351 e. The summed E-state index contributed by atoms with van der Waals surface area (Å²) in [4.78, 5) is 11.3. The Bertz CT molecular complexity index is 332. The maximum atomic E-state index is 11.3. The molecule has 0 saturated carbocycles. The Kier molecular flexibility index (Phi) is 4.30. The van der Waals surface area contributed by atoms with Gasteiger partial charge >= 0.3 is 0 Å². The van der Waals surface area contributed by atoms with Gasteiger partial charge in [0.2, 0.25) is 5.91 Å². The standard InChI is InChI=1S/C10H18N4O/c1-4-11-6-10(15)12-5-9-7-14(3)13-8(9)2/h7,11H,4-6H2,1-3H3,(H,12,15). The van der Waals surface area contributed by atoms with Crippen LogP contribution in [-0.4, -0.2) is 28.8 Å². The molecule has 84 valence electrons. The van der Waals surface area contributed by atoms with Crippen molar-refractivity contribution in [2.75, 3.05) is 13.1 Å². The minimum atomic E-state index is 0.0140. The topological polar surface area (TPSA) is 59.0 Å². The van der Waals surface area contributed by atoms with Gasteiger partial charge in [-0.15, -0.1) is 0 Å². The van der Waals surface area contributed by atoms with E-state index in [-0.39, 0.29) is 5.91 Å². The summed E-state index contributed by atoms with van der Waals surface area (Å²) in [6, 6.07) is 0. The first-order chi connectivity index (χ1) is 7.13. The fourth-order valence-electron chi connectivity index (χ4n) is 1.32. The number of nitrogens with one attached hydrogen (secondary N) is 2. The zero-order valence-electron chi connectivity index (χ0n) is 9.50. The lowest BCUT2D eigenvalue weighted by molar-refractivity contribution is -0.120. The number of carbonyl (C=O) groups excluding carboxylic acids is 1. The number of aromatic nitrogens is 2. The molecule has 0 atom stereocenters. The summed E-state index contributed by atoms with van der Waals surface area (Å²) in [6.07, 6.45) is 1.92. The second-order valence-corrected chi connectivity index (χ2v) is 3.47. The van der Waals surface area contributed by atoms with Crippen LogP contribution in [0.3, 0.4) is 0 Å². The molecular formula is C10H18N4O. The Morgan fingerprint density at radius 3 is 2.87 bits per heavy atom. The van der Waals surface area contributed by atoms with Gasteiger partial charge < -0.3 is 10.6 Å². The molecule has 1 aromatic rings. The highest BCUT2D eigenvalue weighted by Gasteiger charge is 2.04. The van der Waals surface area contributed by atoms with Crippen LogP contribution in [0.25, 0.3) is 0 Å². The zero-order valence-corrected chi connectivity index (χ0v) is 9.50. The van der Waals surface area contributed by atoms with Crippen molar-refractivity contribution < 1.29 is 4.79 Å². The lowest BCUT2D eigenvalue weighted by atomic mass is 10.2. The molecule has 0 aliphatic heterocycles. The summed E-state index contributed by atoms with van der Waals surface area (Å²) in [5.41, 5.74) is 2.02. The molecule has 15 heavy (non-hydrogen) atoms. The minimum Gasteiger partial charge on any atom is -0.351 e. The van der Waals surface area contributed by atoms with E-state index in [2.05, 4.69) is 15.7 Å². The zero-order chi connectivity index (χ0) is 11.3. The predicted octanol–water partition coefficient (Wildman–Crippen LogP) is -0.0458. The summed E-state index contributed by atoms with van der Waals surface area (Å²) in [5, 5.41) is 10.0. The van der Waals surface area contributed by atoms with E-state index in [9.17, 15) is 4.79 Å². The molecule has 1 aromatic heterocycles. The molecule has 0 radical (unpaired) electrons. The van der Waals surface area contributed by atoms with Crippen LogP contribution in [-0.2, 0) is 18.4 Å². The molecule has 1 heterocycles. The van der Waals surface area contributed by atoms with Gasteiger partial charge in [0.05, 0.1) is 12.2 Å². The Balaban J connectivity index is 2.36. The molecule has 1 amide bonds. The van der Waals surface area contributed by atoms with Gasteiger partial charge in [0.15, 0.2) is 0 Å². The van der Waals surface area contributed by atoms with Crippen LogP contribution in [0.15, 0.2) is 6.20 Å². The van der Waals surface area contributed by atoms with Crippen LogP contribution >= 0.6 is 0 Å². The van der Waals surface area contributed by atoms with Gasteiger partial charge in [-0.1, -0.05) is 6.92 Å². The molecule has 5 nitrogen and oxygen atoms in total. The van der Waals surface area contributed by atoms with Crippen LogP contribution in [0, 0.1) is 6.92 Å². The smallest absolute Gasteiger partial charge is 0.234 e. The fourth-order valence-corrected chi connectivity index (χ4v) is 1.32. The van der Waals surface area contributed by atoms with Crippen LogP contribution in [0.4, 0.5) is 0 Å². The summed E-state index contributed by atoms with van der Waals surface area (Å²) in [6.45, 7) is 5.63. The fraction of sp³-hybridized carbons (Fsp3) is 0.600. The second-order valence-electron chi connectivity index (χ2n) is 3.47. The second kappa shape index (κ2) is 5.50. The number of carbonyl (C=O) groups is 1. The number of hydrogen-bond acceptors (Lipinski definition) is 3. The molecule has 0 aromatic carbocycles. The normalized spacial score (nSPS) is 10.3. The minimum absolute atomic E-state index is 0.0140. The van der Waals surface area contributed by atoms with E-state index >= 15 is 0 Å². The highest BCUT2D eigenvalue weighted by Crippen LogP contribution is 2.03. The van der Waals surface area contributed by atoms with Crippen LogP contribution in [0.2, 0.25) is 0 Å². The van der Waals surface area contributed by atoms with Gasteiger partial charge in [-0.3, -0.25) is 9.48 Å². The van der Waals surface area contributed by atoms with Crippen molar-refractivity contribution in [3.05, 3.63) is 17.5 Å². The third-order valence-corrected chi connectivity index (χ3v) is 2.13. The third kappa shape index (κ3) is 3.71. The van der Waals surface area contributed by atoms with Crippen molar-refractivity contribution in [1.29, 1.82) is 0 Å². The molecule has 0 fully saturated rings. The molecular weight excluding hydrogens is 192 g/mol. The number of amides is 1. The summed E-state index contributed by atoms with van der Waals surface area (Å²) in [5.74, 6) is 0.0140. The average molecular weight is 210 g/mol. The number of likely N-dealkylation sites (N-methyl/N-ethyl adjacent to an activating group) is 1. The average Bonchev–Trinajstić information content (AvgIpc) is 2.51. The maximum Gasteiger partial charge on any atom is 0.234 e. The molecule has 0 aliphatic carbocycles. The third-order valence-electron chi connectivity index (χ3n) is 2.13. The number of nitrogens with zero attached hydrogens (tertiary/aromatic N) is 2. The molecule has 0 unspecified atom stereocenters. The van der Waals surface area contributed by atoms with Crippen molar-refractivity contribution in [2.45, 2.75) is 20.4 Å². The van der Waals surface area contributed by atoms with Crippen LogP contribution in [0.5, 0.6) is 0 Å². The molecule has 0 bridgehead atoms. The van der Waals surface area contributed by atoms with Crippen molar-refractivity contribution in [1.82, 2.24) is 20.4 Å². The summed E-state index contributed by atoms with van der Waals surface area (Å²) in [7, 11) is 1.87. The van der Waals surface area contributed by atoms with E-state index in [0.29, 0.717) is 13.1 Å². The molecule has 0 spiro atoms. The number of hydrogen-bond donors (Lipinski definition) is 2. The monoisotopic (exact) mass is 210 g/mol. The van der Waals surface area contributed by atoms with E-state index in [0.717, 1.165) is 17.8 Å². The van der Waals surface area contributed by atoms with Gasteiger partial charge in [0.1, 0.15) is 0 Å². The van der Waals surface area contributed by atoms with E-state index in [1.54, 1.807) is 4.68 Å². The van der Waals surface area contributed by atoms with Crippen molar-refractivity contribution >= 4 is 5.91 Å². The Hall–Kier alpha value is -1.36. The first kappa shape index (κ1) is 11.7. The molecule has 0 aliphatic rings. The summed E-state index contributed by atoms with van der Waals surface area (Å²) < 4.78 is 1.75. The van der Waals surface area contributed by atoms with Crippen molar-refractivity contribution in [3.63, 3.8) is 0 Å². The Morgan fingerprint density at radius 1 is 1.60 bits per heavy atom. The van der Waals surface area contributed by atoms with Gasteiger partial charge in [0, 0.05) is 25.4 Å². The van der Waals surface area contributed by atoms with Crippen LogP contribution in [0.1, 0.15) is 18.2 Å². The van der Waals surface area contributed by atoms with E-state index in [1.165, 1.54) is 0 Å². The SMILES string of the molecule is CCNCC(=O)NCc1cn(C)nc1C. The first-order valence-corrected chi connectivity index (χ1v) is 5.10. The van der Waals surface area contributed by atoms with E-state index in [1.807, 2.05) is 27.1 Å². The van der Waals surface area contributed by atoms with E-state index in [4.69, 9.17) is 0 Å². The lowest BCUT2D eigenvalue weighted by Crippen LogP contribution is -2.33. The molecule has 1 rings (SSSR count).